The first-order valence-electron chi connectivity index (χ1n) is 8.77. The third-order valence-corrected chi connectivity index (χ3v) is 3.85. The van der Waals surface area contributed by atoms with Gasteiger partial charge in [0, 0.05) is 23.9 Å². The summed E-state index contributed by atoms with van der Waals surface area (Å²) in [6, 6.07) is 10.4. The Morgan fingerprint density at radius 1 is 1.14 bits per heavy atom. The average molecular weight is 385 g/mol. The first-order chi connectivity index (χ1) is 13.2. The van der Waals surface area contributed by atoms with E-state index in [1.807, 2.05) is 0 Å². The van der Waals surface area contributed by atoms with Gasteiger partial charge in [0.2, 0.25) is 0 Å². The van der Waals surface area contributed by atoms with E-state index in [1.54, 1.807) is 55.9 Å². The number of carbonyl (C=O) groups excluding carboxylic acids is 1. The number of ether oxygens (including phenoxy) is 1. The second-order valence-corrected chi connectivity index (χ2v) is 7.32. The van der Waals surface area contributed by atoms with Crippen molar-refractivity contribution in [2.45, 2.75) is 32.9 Å². The van der Waals surface area contributed by atoms with E-state index >= 15 is 0 Å². The van der Waals surface area contributed by atoms with Crippen LogP contribution in [0.15, 0.2) is 54.9 Å². The molecule has 146 valence electrons. The predicted octanol–water partition coefficient (Wildman–Crippen LogP) is 4.84. The van der Waals surface area contributed by atoms with E-state index in [-0.39, 0.29) is 12.4 Å². The van der Waals surface area contributed by atoms with Crippen molar-refractivity contribution in [3.63, 3.8) is 0 Å². The third kappa shape index (κ3) is 4.94. The Kier molecular flexibility index (Phi) is 5.44. The molecule has 1 heterocycles. The maximum Gasteiger partial charge on any atom is 0.407 e. The number of amides is 1. The molecule has 5 nitrogen and oxygen atoms in total. The van der Waals surface area contributed by atoms with Crippen LogP contribution in [0.5, 0.6) is 0 Å². The number of benzene rings is 2. The fourth-order valence-electron chi connectivity index (χ4n) is 2.59. The van der Waals surface area contributed by atoms with Crippen LogP contribution in [-0.4, -0.2) is 21.5 Å². The summed E-state index contributed by atoms with van der Waals surface area (Å²) >= 11 is 0. The first-order valence-corrected chi connectivity index (χ1v) is 8.77. The molecule has 3 aromatic rings. The number of rotatable bonds is 4. The van der Waals surface area contributed by atoms with E-state index in [0.29, 0.717) is 16.8 Å². The highest BCUT2D eigenvalue weighted by Crippen LogP contribution is 2.25. The van der Waals surface area contributed by atoms with Gasteiger partial charge in [0.25, 0.3) is 0 Å². The standard InChI is InChI=1S/C21H21F2N3O2/c1-21(2,3)28-20(27)24-11-14-4-9-19(23)18(10-14)15-12-25-26(13-15)17-7-5-16(22)6-8-17/h4-10,12-13H,11H2,1-3H3,(H,24,27). The van der Waals surface area contributed by atoms with Gasteiger partial charge in [0.05, 0.1) is 11.9 Å². The molecule has 1 N–H and O–H groups in total. The van der Waals surface area contributed by atoms with Gasteiger partial charge in [0.15, 0.2) is 0 Å². The number of halogens is 2. The van der Waals surface area contributed by atoms with Crippen molar-refractivity contribution in [3.8, 4) is 16.8 Å². The number of hydrogen-bond donors (Lipinski definition) is 1. The molecule has 0 bridgehead atoms. The van der Waals surface area contributed by atoms with E-state index in [4.69, 9.17) is 4.74 Å². The van der Waals surface area contributed by atoms with Gasteiger partial charge in [-0.2, -0.15) is 5.10 Å². The number of nitrogens with zero attached hydrogens (tertiary/aromatic N) is 2. The molecule has 0 saturated carbocycles. The summed E-state index contributed by atoms with van der Waals surface area (Å²) in [6.07, 6.45) is 2.66. The lowest BCUT2D eigenvalue weighted by Gasteiger charge is -2.19. The highest BCUT2D eigenvalue weighted by molar-refractivity contribution is 5.68. The molecule has 0 saturated heterocycles. The van der Waals surface area contributed by atoms with E-state index in [1.165, 1.54) is 24.4 Å². The summed E-state index contributed by atoms with van der Waals surface area (Å²) in [5.41, 5.74) is 1.72. The minimum atomic E-state index is -0.590. The molecule has 0 aliphatic heterocycles. The number of hydrogen-bond acceptors (Lipinski definition) is 3. The van der Waals surface area contributed by atoms with Crippen LogP contribution in [0.25, 0.3) is 16.8 Å². The summed E-state index contributed by atoms with van der Waals surface area (Å²) in [5.74, 6) is -0.743. The highest BCUT2D eigenvalue weighted by atomic mass is 19.1. The minimum Gasteiger partial charge on any atom is -0.444 e. The van der Waals surface area contributed by atoms with Crippen molar-refractivity contribution < 1.29 is 18.3 Å². The van der Waals surface area contributed by atoms with Crippen LogP contribution in [0, 0.1) is 11.6 Å². The molecular weight excluding hydrogens is 364 g/mol. The van der Waals surface area contributed by atoms with E-state index in [9.17, 15) is 13.6 Å². The van der Waals surface area contributed by atoms with Crippen LogP contribution in [0.2, 0.25) is 0 Å². The Morgan fingerprint density at radius 2 is 1.86 bits per heavy atom. The number of aromatic nitrogens is 2. The molecule has 0 spiro atoms. The molecule has 0 aliphatic rings. The summed E-state index contributed by atoms with van der Waals surface area (Å²) in [4.78, 5) is 11.8. The van der Waals surface area contributed by atoms with Crippen molar-refractivity contribution in [2.75, 3.05) is 0 Å². The Morgan fingerprint density at radius 3 is 2.54 bits per heavy atom. The Balaban J connectivity index is 1.77. The molecule has 0 fully saturated rings. The zero-order valence-corrected chi connectivity index (χ0v) is 15.9. The summed E-state index contributed by atoms with van der Waals surface area (Å²) in [7, 11) is 0. The van der Waals surface area contributed by atoms with Crippen LogP contribution in [0.3, 0.4) is 0 Å². The van der Waals surface area contributed by atoms with Gasteiger partial charge in [-0.1, -0.05) is 6.07 Å². The third-order valence-electron chi connectivity index (χ3n) is 3.85. The average Bonchev–Trinajstić information content (AvgIpc) is 3.10. The summed E-state index contributed by atoms with van der Waals surface area (Å²) < 4.78 is 34.2. The zero-order valence-electron chi connectivity index (χ0n) is 15.9. The maximum atomic E-state index is 14.3. The lowest BCUT2D eigenvalue weighted by atomic mass is 10.1. The van der Waals surface area contributed by atoms with Gasteiger partial charge in [-0.3, -0.25) is 0 Å². The molecule has 0 unspecified atom stereocenters. The van der Waals surface area contributed by atoms with Gasteiger partial charge in [0.1, 0.15) is 17.2 Å². The van der Waals surface area contributed by atoms with Crippen molar-refractivity contribution in [1.82, 2.24) is 15.1 Å². The molecule has 0 atom stereocenters. The van der Waals surface area contributed by atoms with Crippen molar-refractivity contribution in [3.05, 3.63) is 72.1 Å². The van der Waals surface area contributed by atoms with E-state index in [0.717, 1.165) is 5.56 Å². The number of alkyl carbamates (subject to hydrolysis) is 1. The Bertz CT molecular complexity index is 976. The fraction of sp³-hybridized carbons (Fsp3) is 0.238. The Hall–Kier alpha value is -3.22. The maximum absolute atomic E-state index is 14.3. The second-order valence-electron chi connectivity index (χ2n) is 7.32. The molecule has 7 heteroatoms. The molecule has 1 aromatic heterocycles. The topological polar surface area (TPSA) is 56.1 Å². The second kappa shape index (κ2) is 7.80. The first kappa shape index (κ1) is 19.5. The molecule has 1 amide bonds. The van der Waals surface area contributed by atoms with Crippen molar-refractivity contribution in [2.24, 2.45) is 0 Å². The molecule has 28 heavy (non-hydrogen) atoms. The molecule has 0 radical (unpaired) electrons. The monoisotopic (exact) mass is 385 g/mol. The molecule has 0 aliphatic carbocycles. The van der Waals surface area contributed by atoms with Gasteiger partial charge < -0.3 is 10.1 Å². The van der Waals surface area contributed by atoms with Crippen LogP contribution in [0.1, 0.15) is 26.3 Å². The molecule has 2 aromatic carbocycles. The van der Waals surface area contributed by atoms with Crippen molar-refractivity contribution in [1.29, 1.82) is 0 Å². The highest BCUT2D eigenvalue weighted by Gasteiger charge is 2.16. The SMILES string of the molecule is CC(C)(C)OC(=O)NCc1ccc(F)c(-c2cnn(-c3ccc(F)cc3)c2)c1. The van der Waals surface area contributed by atoms with Crippen LogP contribution < -0.4 is 5.32 Å². The zero-order chi connectivity index (χ0) is 20.3. The summed E-state index contributed by atoms with van der Waals surface area (Å²) in [6.45, 7) is 5.54. The lowest BCUT2D eigenvalue weighted by Crippen LogP contribution is -2.32. The van der Waals surface area contributed by atoms with Crippen LogP contribution >= 0.6 is 0 Å². The van der Waals surface area contributed by atoms with Gasteiger partial charge >= 0.3 is 6.09 Å². The van der Waals surface area contributed by atoms with Gasteiger partial charge in [-0.05, 0) is 62.7 Å². The summed E-state index contributed by atoms with van der Waals surface area (Å²) in [5, 5.41) is 6.87. The van der Waals surface area contributed by atoms with Gasteiger partial charge in [-0.15, -0.1) is 0 Å². The molecule has 3 rings (SSSR count). The van der Waals surface area contributed by atoms with E-state index < -0.39 is 17.5 Å². The van der Waals surface area contributed by atoms with Crippen LogP contribution in [0.4, 0.5) is 13.6 Å². The quantitative estimate of drug-likeness (QED) is 0.699. The van der Waals surface area contributed by atoms with Gasteiger partial charge in [-0.25, -0.2) is 18.3 Å². The van der Waals surface area contributed by atoms with Crippen LogP contribution in [-0.2, 0) is 11.3 Å². The van der Waals surface area contributed by atoms with Crippen molar-refractivity contribution >= 4 is 6.09 Å². The predicted molar refractivity (Wildman–Crippen MR) is 102 cm³/mol. The molecular formula is C21H21F2N3O2. The van der Waals surface area contributed by atoms with E-state index in [2.05, 4.69) is 10.4 Å². The Labute approximate surface area is 161 Å². The normalized spacial score (nSPS) is 11.3. The largest absolute Gasteiger partial charge is 0.444 e. The number of carbonyl (C=O) groups is 1. The number of nitrogens with one attached hydrogen (secondary N) is 1. The minimum absolute atomic E-state index is 0.203. The smallest absolute Gasteiger partial charge is 0.407 e. The lowest BCUT2D eigenvalue weighted by molar-refractivity contribution is 0.0523. The fourth-order valence-corrected chi connectivity index (χ4v) is 2.59.